The highest BCUT2D eigenvalue weighted by molar-refractivity contribution is 5.94. The van der Waals surface area contributed by atoms with Crippen LogP contribution in [0.5, 0.6) is 0 Å². The lowest BCUT2D eigenvalue weighted by Gasteiger charge is -1.96. The topological polar surface area (TPSA) is 42.9 Å². The number of hydrogen-bond donors (Lipinski definition) is 0. The molecule has 0 spiro atoms. The molecule has 0 radical (unpaired) electrons. The van der Waals surface area contributed by atoms with Crippen molar-refractivity contribution in [3.63, 3.8) is 0 Å². The Morgan fingerprint density at radius 3 is 3.08 bits per heavy atom. The molecule has 1 aromatic carbocycles. The summed E-state index contributed by atoms with van der Waals surface area (Å²) in [6.07, 6.45) is 3.93. The van der Waals surface area contributed by atoms with E-state index in [0.29, 0.717) is 11.1 Å². The Kier molecular flexibility index (Phi) is 1.55. The molecule has 3 nitrogen and oxygen atoms in total. The van der Waals surface area contributed by atoms with Crippen LogP contribution in [0.4, 0.5) is 0 Å². The summed E-state index contributed by atoms with van der Waals surface area (Å²) in [6.45, 7) is 0. The molecule has 0 aliphatic heterocycles. The zero-order valence-corrected chi connectivity index (χ0v) is 6.27. The number of carbonyl (C=O) groups is 1. The van der Waals surface area contributed by atoms with E-state index in [4.69, 9.17) is 0 Å². The third kappa shape index (κ3) is 0.955. The standard InChI is InChI=1S/C9H6N2O/c12-5-8-3-1-2-7-4-10-6-11-9(7)8/h1-6H. The summed E-state index contributed by atoms with van der Waals surface area (Å²) in [7, 11) is 0. The lowest BCUT2D eigenvalue weighted by molar-refractivity contribution is 0.112. The van der Waals surface area contributed by atoms with E-state index in [1.54, 1.807) is 12.3 Å². The maximum absolute atomic E-state index is 10.6. The molecule has 2 aromatic rings. The number of nitrogens with zero attached hydrogens (tertiary/aromatic N) is 2. The highest BCUT2D eigenvalue weighted by Crippen LogP contribution is 2.12. The van der Waals surface area contributed by atoms with Crippen LogP contribution in [0.25, 0.3) is 10.9 Å². The van der Waals surface area contributed by atoms with Gasteiger partial charge in [-0.1, -0.05) is 12.1 Å². The predicted molar refractivity (Wildman–Crippen MR) is 44.9 cm³/mol. The molecule has 0 amide bonds. The van der Waals surface area contributed by atoms with E-state index >= 15 is 0 Å². The summed E-state index contributed by atoms with van der Waals surface area (Å²) in [5.41, 5.74) is 1.32. The molecule has 1 aromatic heterocycles. The van der Waals surface area contributed by atoms with Crippen LogP contribution in [0.15, 0.2) is 30.7 Å². The minimum Gasteiger partial charge on any atom is -0.298 e. The third-order valence-electron chi connectivity index (χ3n) is 1.69. The van der Waals surface area contributed by atoms with E-state index in [-0.39, 0.29) is 0 Å². The van der Waals surface area contributed by atoms with Crippen LogP contribution in [-0.4, -0.2) is 16.3 Å². The molecule has 0 fully saturated rings. The number of fused-ring (bicyclic) bond motifs is 1. The van der Waals surface area contributed by atoms with Crippen molar-refractivity contribution < 1.29 is 4.79 Å². The Morgan fingerprint density at radius 1 is 1.33 bits per heavy atom. The molecule has 0 aliphatic rings. The smallest absolute Gasteiger partial charge is 0.152 e. The maximum Gasteiger partial charge on any atom is 0.152 e. The van der Waals surface area contributed by atoms with Crippen LogP contribution in [0.2, 0.25) is 0 Å². The molecule has 12 heavy (non-hydrogen) atoms. The monoisotopic (exact) mass is 158 g/mol. The van der Waals surface area contributed by atoms with Crippen molar-refractivity contribution in [1.29, 1.82) is 0 Å². The number of carbonyl (C=O) groups excluding carboxylic acids is 1. The second kappa shape index (κ2) is 2.70. The molecule has 2 rings (SSSR count). The van der Waals surface area contributed by atoms with Gasteiger partial charge in [0.2, 0.25) is 0 Å². The van der Waals surface area contributed by atoms with Crippen molar-refractivity contribution in [3.8, 4) is 0 Å². The van der Waals surface area contributed by atoms with E-state index in [9.17, 15) is 4.79 Å². The van der Waals surface area contributed by atoms with Crippen LogP contribution >= 0.6 is 0 Å². The van der Waals surface area contributed by atoms with Gasteiger partial charge in [-0.05, 0) is 6.07 Å². The van der Waals surface area contributed by atoms with E-state index in [2.05, 4.69) is 9.97 Å². The number of para-hydroxylation sites is 1. The molecule has 0 atom stereocenters. The van der Waals surface area contributed by atoms with Gasteiger partial charge in [-0.25, -0.2) is 9.97 Å². The maximum atomic E-state index is 10.6. The largest absolute Gasteiger partial charge is 0.298 e. The average Bonchev–Trinajstić information content (AvgIpc) is 2.17. The van der Waals surface area contributed by atoms with Crippen LogP contribution in [0.3, 0.4) is 0 Å². The summed E-state index contributed by atoms with van der Waals surface area (Å²) in [5, 5.41) is 0.891. The molecule has 0 N–H and O–H groups in total. The first kappa shape index (κ1) is 6.91. The molecule has 0 aliphatic carbocycles. The first-order chi connectivity index (χ1) is 5.92. The summed E-state index contributed by atoms with van der Waals surface area (Å²) < 4.78 is 0. The molecular weight excluding hydrogens is 152 g/mol. The molecule has 1 heterocycles. The summed E-state index contributed by atoms with van der Waals surface area (Å²) in [5.74, 6) is 0. The van der Waals surface area contributed by atoms with Gasteiger partial charge in [0.25, 0.3) is 0 Å². The zero-order chi connectivity index (χ0) is 8.39. The van der Waals surface area contributed by atoms with E-state index in [0.717, 1.165) is 11.7 Å². The fraction of sp³-hybridized carbons (Fsp3) is 0. The van der Waals surface area contributed by atoms with Gasteiger partial charge in [-0.3, -0.25) is 4.79 Å². The number of benzene rings is 1. The van der Waals surface area contributed by atoms with E-state index in [1.165, 1.54) is 6.33 Å². The van der Waals surface area contributed by atoms with Gasteiger partial charge in [0.05, 0.1) is 5.52 Å². The number of aromatic nitrogens is 2. The first-order valence-electron chi connectivity index (χ1n) is 3.56. The van der Waals surface area contributed by atoms with Crippen LogP contribution in [-0.2, 0) is 0 Å². The van der Waals surface area contributed by atoms with Gasteiger partial charge in [0.1, 0.15) is 6.33 Å². The summed E-state index contributed by atoms with van der Waals surface area (Å²) >= 11 is 0. The van der Waals surface area contributed by atoms with Crippen LogP contribution in [0, 0.1) is 0 Å². The molecule has 0 saturated carbocycles. The SMILES string of the molecule is O=Cc1cccc2cncnc12. The van der Waals surface area contributed by atoms with Crippen molar-refractivity contribution in [3.05, 3.63) is 36.3 Å². The van der Waals surface area contributed by atoms with Gasteiger partial charge in [0.15, 0.2) is 6.29 Å². The fourth-order valence-electron chi connectivity index (χ4n) is 1.13. The Morgan fingerprint density at radius 2 is 2.25 bits per heavy atom. The number of rotatable bonds is 1. The quantitative estimate of drug-likeness (QED) is 0.590. The van der Waals surface area contributed by atoms with Crippen molar-refractivity contribution in [2.45, 2.75) is 0 Å². The number of aldehydes is 1. The average molecular weight is 158 g/mol. The lowest BCUT2D eigenvalue weighted by Crippen LogP contribution is -1.86. The Bertz CT molecular complexity index is 420. The molecule has 3 heteroatoms. The highest BCUT2D eigenvalue weighted by Gasteiger charge is 1.98. The van der Waals surface area contributed by atoms with Gasteiger partial charge >= 0.3 is 0 Å². The zero-order valence-electron chi connectivity index (χ0n) is 6.27. The van der Waals surface area contributed by atoms with Crippen LogP contribution < -0.4 is 0 Å². The van der Waals surface area contributed by atoms with E-state index in [1.807, 2.05) is 12.1 Å². The lowest BCUT2D eigenvalue weighted by atomic mass is 10.1. The third-order valence-corrected chi connectivity index (χ3v) is 1.69. The molecular formula is C9H6N2O. The van der Waals surface area contributed by atoms with Crippen molar-refractivity contribution in [1.82, 2.24) is 9.97 Å². The molecule has 0 bridgehead atoms. The van der Waals surface area contributed by atoms with Gasteiger partial charge in [-0.2, -0.15) is 0 Å². The van der Waals surface area contributed by atoms with Crippen molar-refractivity contribution in [2.24, 2.45) is 0 Å². The normalized spacial score (nSPS) is 10.0. The second-order valence-electron chi connectivity index (χ2n) is 2.43. The van der Waals surface area contributed by atoms with Crippen LogP contribution in [0.1, 0.15) is 10.4 Å². The molecule has 58 valence electrons. The summed E-state index contributed by atoms with van der Waals surface area (Å²) in [4.78, 5) is 18.4. The molecule has 0 saturated heterocycles. The highest BCUT2D eigenvalue weighted by atomic mass is 16.1. The van der Waals surface area contributed by atoms with Crippen molar-refractivity contribution >= 4 is 17.2 Å². The Balaban J connectivity index is 2.88. The van der Waals surface area contributed by atoms with Gasteiger partial charge < -0.3 is 0 Å². The predicted octanol–water partition coefficient (Wildman–Crippen LogP) is 1.44. The Hall–Kier alpha value is -1.77. The van der Waals surface area contributed by atoms with Gasteiger partial charge in [0, 0.05) is 17.1 Å². The van der Waals surface area contributed by atoms with Gasteiger partial charge in [-0.15, -0.1) is 0 Å². The minimum absolute atomic E-state index is 0.606. The Labute approximate surface area is 69.1 Å². The number of hydrogen-bond acceptors (Lipinski definition) is 3. The summed E-state index contributed by atoms with van der Waals surface area (Å²) in [6, 6.07) is 5.43. The van der Waals surface area contributed by atoms with Crippen molar-refractivity contribution in [2.75, 3.05) is 0 Å². The molecule has 0 unspecified atom stereocenters. The first-order valence-corrected chi connectivity index (χ1v) is 3.56. The minimum atomic E-state index is 0.606. The second-order valence-corrected chi connectivity index (χ2v) is 2.43. The van der Waals surface area contributed by atoms with E-state index < -0.39 is 0 Å². The fourth-order valence-corrected chi connectivity index (χ4v) is 1.13.